The van der Waals surface area contributed by atoms with Crippen LogP contribution in [-0.2, 0) is 5.41 Å². The third kappa shape index (κ3) is 4.51. The standard InChI is InChI=1S/C46H38N2OS/c1-4-10-42-38(7-1)39-22-21-37(26-43(39)49-42)47(34-15-13-33(14-16-34)46-27-30-23-31(28-46)25-32(24-30)29-46)35-17-19-36(20-18-35)48-40-8-2-5-11-44(40)50-45-12-6-3-9-41(45)48/h1-22,26,30-32H,23-25,27-29H2. The zero-order chi connectivity index (χ0) is 32.8. The van der Waals surface area contributed by atoms with Gasteiger partial charge >= 0.3 is 0 Å². The van der Waals surface area contributed by atoms with Gasteiger partial charge in [0, 0.05) is 49.4 Å². The van der Waals surface area contributed by atoms with Gasteiger partial charge in [-0.2, -0.15) is 0 Å². The van der Waals surface area contributed by atoms with E-state index >= 15 is 0 Å². The van der Waals surface area contributed by atoms with E-state index in [-0.39, 0.29) is 0 Å². The van der Waals surface area contributed by atoms with Gasteiger partial charge in [-0.1, -0.05) is 66.4 Å². The molecular formula is C46H38N2OS. The molecule has 7 aromatic rings. The lowest BCUT2D eigenvalue weighted by atomic mass is 9.48. The second-order valence-corrected chi connectivity index (χ2v) is 16.3. The zero-order valence-electron chi connectivity index (χ0n) is 28.0. The van der Waals surface area contributed by atoms with E-state index in [0.29, 0.717) is 5.41 Å². The van der Waals surface area contributed by atoms with Crippen molar-refractivity contribution in [2.24, 2.45) is 17.8 Å². The Morgan fingerprint density at radius 3 is 1.74 bits per heavy atom. The summed E-state index contributed by atoms with van der Waals surface area (Å²) in [5.74, 6) is 2.80. The molecule has 0 spiro atoms. The fraction of sp³-hybridized carbons (Fsp3) is 0.217. The summed E-state index contributed by atoms with van der Waals surface area (Å²) < 4.78 is 6.40. The van der Waals surface area contributed by atoms with Gasteiger partial charge in [-0.15, -0.1) is 0 Å². The van der Waals surface area contributed by atoms with Crippen LogP contribution in [0.1, 0.15) is 44.1 Å². The van der Waals surface area contributed by atoms with Crippen LogP contribution in [0, 0.1) is 17.8 Å². The number of hydrogen-bond donors (Lipinski definition) is 0. The molecule has 0 radical (unpaired) electrons. The summed E-state index contributed by atoms with van der Waals surface area (Å²) in [6.45, 7) is 0. The minimum atomic E-state index is 0.381. The number of hydrogen-bond acceptors (Lipinski definition) is 4. The van der Waals surface area contributed by atoms with Crippen LogP contribution in [0.2, 0.25) is 0 Å². The van der Waals surface area contributed by atoms with Gasteiger partial charge in [0.25, 0.3) is 0 Å². The van der Waals surface area contributed by atoms with E-state index < -0.39 is 0 Å². The highest BCUT2D eigenvalue weighted by Gasteiger charge is 2.51. The lowest BCUT2D eigenvalue weighted by Crippen LogP contribution is -2.48. The Morgan fingerprint density at radius 2 is 1.08 bits per heavy atom. The molecule has 0 N–H and O–H groups in total. The van der Waals surface area contributed by atoms with Crippen LogP contribution in [-0.4, -0.2) is 0 Å². The number of furan rings is 1. The maximum Gasteiger partial charge on any atom is 0.137 e. The third-order valence-corrected chi connectivity index (χ3v) is 13.3. The molecule has 4 saturated carbocycles. The van der Waals surface area contributed by atoms with Crippen LogP contribution in [0.3, 0.4) is 0 Å². The lowest BCUT2D eigenvalue weighted by Gasteiger charge is -2.57. The van der Waals surface area contributed by atoms with E-state index in [1.807, 2.05) is 17.8 Å². The van der Waals surface area contributed by atoms with Crippen LogP contribution >= 0.6 is 11.8 Å². The average Bonchev–Trinajstić information content (AvgIpc) is 3.52. The number of nitrogens with zero attached hydrogens (tertiary/aromatic N) is 2. The highest BCUT2D eigenvalue weighted by molar-refractivity contribution is 7.99. The molecule has 0 amide bonds. The Morgan fingerprint density at radius 1 is 0.540 bits per heavy atom. The molecule has 1 aliphatic heterocycles. The highest BCUT2D eigenvalue weighted by Crippen LogP contribution is 2.61. The van der Waals surface area contributed by atoms with Crippen LogP contribution < -0.4 is 9.80 Å². The minimum Gasteiger partial charge on any atom is -0.456 e. The Balaban J connectivity index is 1.01. The van der Waals surface area contributed by atoms with Crippen molar-refractivity contribution in [3.8, 4) is 0 Å². The Hall–Kier alpha value is -4.93. The largest absolute Gasteiger partial charge is 0.456 e. The van der Waals surface area contributed by atoms with Gasteiger partial charge in [-0.25, -0.2) is 0 Å². The predicted octanol–water partition coefficient (Wildman–Crippen LogP) is 13.5. The summed E-state index contributed by atoms with van der Waals surface area (Å²) in [6.07, 6.45) is 8.56. The molecule has 2 heterocycles. The summed E-state index contributed by atoms with van der Waals surface area (Å²) >= 11 is 1.85. The fourth-order valence-electron chi connectivity index (χ4n) is 10.5. The lowest BCUT2D eigenvalue weighted by molar-refractivity contribution is -0.00518. The van der Waals surface area contributed by atoms with Gasteiger partial charge < -0.3 is 14.2 Å². The number of anilines is 6. The SMILES string of the molecule is c1ccc2c(c1)Sc1ccccc1N2c1ccc(N(c2ccc(C34CC5CC(CC(C5)C3)C4)cc2)c2ccc3c(c2)oc2ccccc23)cc1. The van der Waals surface area contributed by atoms with Crippen LogP contribution in [0.5, 0.6) is 0 Å². The average molecular weight is 667 g/mol. The van der Waals surface area contributed by atoms with E-state index in [0.717, 1.165) is 56.8 Å². The quantitative estimate of drug-likeness (QED) is 0.182. The maximum atomic E-state index is 6.40. The highest BCUT2D eigenvalue weighted by atomic mass is 32.2. The fourth-order valence-corrected chi connectivity index (χ4v) is 11.5. The number of rotatable bonds is 5. The monoisotopic (exact) mass is 666 g/mol. The van der Waals surface area contributed by atoms with Gasteiger partial charge in [-0.05, 0) is 146 Å². The molecule has 6 aromatic carbocycles. The van der Waals surface area contributed by atoms with Crippen LogP contribution in [0.4, 0.5) is 34.1 Å². The first kappa shape index (κ1) is 28.9. The Kier molecular flexibility index (Phi) is 6.37. The van der Waals surface area contributed by atoms with Gasteiger partial charge in [-0.3, -0.25) is 0 Å². The van der Waals surface area contributed by atoms with E-state index in [2.05, 4.69) is 143 Å². The van der Waals surface area contributed by atoms with E-state index in [9.17, 15) is 0 Å². The van der Waals surface area contributed by atoms with E-state index in [4.69, 9.17) is 4.42 Å². The summed E-state index contributed by atoms with van der Waals surface area (Å²) in [5, 5.41) is 2.31. The summed E-state index contributed by atoms with van der Waals surface area (Å²) in [5.41, 5.74) is 10.8. The van der Waals surface area contributed by atoms with Crippen molar-refractivity contribution in [3.05, 3.63) is 145 Å². The molecule has 4 aliphatic carbocycles. The van der Waals surface area contributed by atoms with Gasteiger partial charge in [0.05, 0.1) is 11.4 Å². The number of para-hydroxylation sites is 3. The topological polar surface area (TPSA) is 19.6 Å². The Bertz CT molecular complexity index is 2330. The Labute approximate surface area is 297 Å². The molecule has 12 rings (SSSR count). The first-order valence-corrected chi connectivity index (χ1v) is 19.1. The second-order valence-electron chi connectivity index (χ2n) is 15.2. The summed E-state index contributed by atoms with van der Waals surface area (Å²) in [6, 6.07) is 51.2. The van der Waals surface area contributed by atoms with Crippen molar-refractivity contribution < 1.29 is 4.42 Å². The summed E-state index contributed by atoms with van der Waals surface area (Å²) in [7, 11) is 0. The predicted molar refractivity (Wildman–Crippen MR) is 207 cm³/mol. The van der Waals surface area contributed by atoms with Crippen molar-refractivity contribution in [2.45, 2.75) is 53.7 Å². The van der Waals surface area contributed by atoms with Crippen molar-refractivity contribution >= 4 is 67.8 Å². The van der Waals surface area contributed by atoms with Gasteiger partial charge in [0.15, 0.2) is 0 Å². The van der Waals surface area contributed by atoms with Crippen molar-refractivity contribution in [1.82, 2.24) is 0 Å². The molecule has 4 bridgehead atoms. The number of fused-ring (bicyclic) bond motifs is 5. The molecule has 5 aliphatic rings. The zero-order valence-corrected chi connectivity index (χ0v) is 28.8. The molecule has 244 valence electrons. The normalized spacial score (nSPS) is 23.3. The maximum absolute atomic E-state index is 6.40. The first-order valence-electron chi connectivity index (χ1n) is 18.3. The molecular weight excluding hydrogens is 629 g/mol. The first-order chi connectivity index (χ1) is 24.7. The van der Waals surface area contributed by atoms with Crippen LogP contribution in [0.25, 0.3) is 21.9 Å². The van der Waals surface area contributed by atoms with E-state index in [1.165, 1.54) is 65.4 Å². The molecule has 0 unspecified atom stereocenters. The smallest absolute Gasteiger partial charge is 0.137 e. The summed E-state index contributed by atoms with van der Waals surface area (Å²) in [4.78, 5) is 7.34. The number of benzene rings is 6. The molecule has 4 heteroatoms. The molecule has 50 heavy (non-hydrogen) atoms. The van der Waals surface area contributed by atoms with E-state index in [1.54, 1.807) is 5.56 Å². The molecule has 4 fully saturated rings. The molecule has 0 atom stereocenters. The minimum absolute atomic E-state index is 0.381. The van der Waals surface area contributed by atoms with Crippen molar-refractivity contribution in [3.63, 3.8) is 0 Å². The molecule has 3 nitrogen and oxygen atoms in total. The van der Waals surface area contributed by atoms with Crippen molar-refractivity contribution in [2.75, 3.05) is 9.80 Å². The van der Waals surface area contributed by atoms with Gasteiger partial charge in [0.1, 0.15) is 11.2 Å². The van der Waals surface area contributed by atoms with Gasteiger partial charge in [0.2, 0.25) is 0 Å². The van der Waals surface area contributed by atoms with Crippen molar-refractivity contribution in [1.29, 1.82) is 0 Å². The van der Waals surface area contributed by atoms with Crippen LogP contribution in [0.15, 0.2) is 154 Å². The third-order valence-electron chi connectivity index (χ3n) is 12.2. The molecule has 0 saturated heterocycles. The second kappa shape index (κ2) is 11.0. The molecule has 1 aromatic heterocycles.